The number of aryl methyl sites for hydroxylation is 1. The van der Waals surface area contributed by atoms with E-state index in [1.165, 1.54) is 0 Å². The largest absolute Gasteiger partial charge is 0.506 e. The fraction of sp³-hybridized carbons (Fsp3) is 0.609. The molecule has 1 aromatic heterocycles. The van der Waals surface area contributed by atoms with E-state index < -0.39 is 0 Å². The smallest absolute Gasteiger partial charge is 0.137 e. The molecule has 162 valence electrons. The van der Waals surface area contributed by atoms with Crippen molar-refractivity contribution in [2.24, 2.45) is 5.41 Å². The number of ether oxygens (including phenoxy) is 1. The summed E-state index contributed by atoms with van der Waals surface area (Å²) in [4.78, 5) is 4.17. The van der Waals surface area contributed by atoms with E-state index >= 15 is 0 Å². The van der Waals surface area contributed by atoms with Gasteiger partial charge in [0.2, 0.25) is 0 Å². The Morgan fingerprint density at radius 1 is 1.10 bits per heavy atom. The summed E-state index contributed by atoms with van der Waals surface area (Å²) in [6, 6.07) is 3.39. The number of aromatic nitrogens is 1. The number of rotatable bonds is 15. The van der Waals surface area contributed by atoms with Crippen LogP contribution in [0.2, 0.25) is 0 Å². The van der Waals surface area contributed by atoms with E-state index in [9.17, 15) is 15.3 Å². The van der Waals surface area contributed by atoms with Gasteiger partial charge in [-0.25, -0.2) is 0 Å². The molecule has 1 heterocycles. The average molecular weight is 405 g/mol. The fourth-order valence-corrected chi connectivity index (χ4v) is 3.56. The Labute approximate surface area is 174 Å². The van der Waals surface area contributed by atoms with Crippen LogP contribution in [0.4, 0.5) is 0 Å². The normalized spacial score (nSPS) is 18.8. The maximum atomic E-state index is 9.76. The molecule has 0 bridgehead atoms. The second-order valence-corrected chi connectivity index (χ2v) is 7.82. The van der Waals surface area contributed by atoms with E-state index in [1.807, 2.05) is 18.2 Å². The zero-order valence-corrected chi connectivity index (χ0v) is 17.4. The van der Waals surface area contributed by atoms with Crippen LogP contribution in [0, 0.1) is 5.41 Å². The molecule has 0 aromatic carbocycles. The molecular weight excluding hydrogens is 368 g/mol. The monoisotopic (exact) mass is 404 g/mol. The standard InChI is InChI=1S/C23H36N2O4/c26-17-20-8-5-11-23(16-20,19-27)18-24-12-3-1-2-4-14-29-15-7-9-21-22(28)10-6-13-25-21/h5-6,8,10-11,13,24,26-28H,1-4,7,9,12,14-19H2. The van der Waals surface area contributed by atoms with E-state index in [2.05, 4.69) is 10.3 Å². The third-order valence-corrected chi connectivity index (χ3v) is 5.32. The van der Waals surface area contributed by atoms with Crippen LogP contribution in [0.15, 0.2) is 42.1 Å². The summed E-state index contributed by atoms with van der Waals surface area (Å²) in [5.74, 6) is 0.260. The molecule has 0 saturated heterocycles. The first kappa shape index (κ1) is 23.5. The van der Waals surface area contributed by atoms with E-state index in [0.29, 0.717) is 13.0 Å². The molecule has 1 atom stereocenters. The van der Waals surface area contributed by atoms with Crippen LogP contribution in [0.3, 0.4) is 0 Å². The second kappa shape index (κ2) is 13.5. The molecule has 0 saturated carbocycles. The molecule has 1 aliphatic carbocycles. The van der Waals surface area contributed by atoms with Crippen molar-refractivity contribution in [2.75, 3.05) is 39.5 Å². The topological polar surface area (TPSA) is 94.8 Å². The van der Waals surface area contributed by atoms with Gasteiger partial charge in [0.25, 0.3) is 0 Å². The highest BCUT2D eigenvalue weighted by atomic mass is 16.5. The van der Waals surface area contributed by atoms with Gasteiger partial charge in [0.15, 0.2) is 0 Å². The number of hydrogen-bond acceptors (Lipinski definition) is 6. The number of nitrogens with one attached hydrogen (secondary N) is 1. The molecule has 1 aliphatic rings. The van der Waals surface area contributed by atoms with Crippen molar-refractivity contribution in [3.63, 3.8) is 0 Å². The van der Waals surface area contributed by atoms with Gasteiger partial charge in [0, 0.05) is 31.4 Å². The molecule has 6 nitrogen and oxygen atoms in total. The number of allylic oxidation sites excluding steroid dienone is 2. The first-order chi connectivity index (χ1) is 14.2. The Hall–Kier alpha value is -1.73. The molecule has 0 amide bonds. The third-order valence-electron chi connectivity index (χ3n) is 5.32. The van der Waals surface area contributed by atoms with Gasteiger partial charge in [0.1, 0.15) is 5.75 Å². The molecule has 29 heavy (non-hydrogen) atoms. The van der Waals surface area contributed by atoms with Gasteiger partial charge < -0.3 is 25.4 Å². The van der Waals surface area contributed by atoms with Gasteiger partial charge >= 0.3 is 0 Å². The first-order valence-corrected chi connectivity index (χ1v) is 10.7. The van der Waals surface area contributed by atoms with Crippen molar-refractivity contribution < 1.29 is 20.1 Å². The van der Waals surface area contributed by atoms with Crippen molar-refractivity contribution in [1.82, 2.24) is 10.3 Å². The molecule has 0 aliphatic heterocycles. The predicted molar refractivity (Wildman–Crippen MR) is 115 cm³/mol. The molecule has 0 radical (unpaired) electrons. The molecule has 2 rings (SSSR count). The summed E-state index contributed by atoms with van der Waals surface area (Å²) in [7, 11) is 0. The lowest BCUT2D eigenvalue weighted by Gasteiger charge is -2.32. The molecular formula is C23H36N2O4. The number of hydrogen-bond donors (Lipinski definition) is 4. The number of aliphatic hydroxyl groups excluding tert-OH is 2. The summed E-state index contributed by atoms with van der Waals surface area (Å²) < 4.78 is 5.66. The minimum atomic E-state index is -0.285. The zero-order chi connectivity index (χ0) is 20.8. The average Bonchev–Trinajstić information content (AvgIpc) is 2.75. The number of pyridine rings is 1. The zero-order valence-electron chi connectivity index (χ0n) is 17.4. The lowest BCUT2D eigenvalue weighted by Crippen LogP contribution is -2.37. The van der Waals surface area contributed by atoms with Crippen LogP contribution in [-0.2, 0) is 11.2 Å². The van der Waals surface area contributed by atoms with Crippen molar-refractivity contribution in [1.29, 1.82) is 0 Å². The molecule has 6 heteroatoms. The molecule has 0 spiro atoms. The summed E-state index contributed by atoms with van der Waals surface area (Å²) in [5, 5.41) is 32.2. The lowest BCUT2D eigenvalue weighted by molar-refractivity contribution is 0.127. The highest BCUT2D eigenvalue weighted by Crippen LogP contribution is 2.30. The van der Waals surface area contributed by atoms with Gasteiger partial charge in [0.05, 0.1) is 18.9 Å². The van der Waals surface area contributed by atoms with Gasteiger partial charge in [-0.2, -0.15) is 0 Å². The van der Waals surface area contributed by atoms with E-state index in [4.69, 9.17) is 4.74 Å². The first-order valence-electron chi connectivity index (χ1n) is 10.7. The highest BCUT2D eigenvalue weighted by Gasteiger charge is 2.28. The highest BCUT2D eigenvalue weighted by molar-refractivity contribution is 5.25. The van der Waals surface area contributed by atoms with Gasteiger partial charge in [-0.15, -0.1) is 0 Å². The molecule has 1 aromatic rings. The Bertz CT molecular complexity index is 648. The van der Waals surface area contributed by atoms with Crippen LogP contribution in [0.1, 0.15) is 44.2 Å². The van der Waals surface area contributed by atoms with Crippen LogP contribution < -0.4 is 5.32 Å². The quantitative estimate of drug-likeness (QED) is 0.336. The van der Waals surface area contributed by atoms with Crippen LogP contribution in [0.5, 0.6) is 5.75 Å². The van der Waals surface area contributed by atoms with E-state index in [0.717, 1.165) is 69.5 Å². The van der Waals surface area contributed by atoms with Crippen LogP contribution in [-0.4, -0.2) is 59.8 Å². The Balaban J connectivity index is 1.42. The second-order valence-electron chi connectivity index (χ2n) is 7.82. The molecule has 0 fully saturated rings. The maximum absolute atomic E-state index is 9.76. The number of aromatic hydroxyl groups is 1. The minimum absolute atomic E-state index is 0.0553. The van der Waals surface area contributed by atoms with Gasteiger partial charge in [-0.3, -0.25) is 4.98 Å². The molecule has 4 N–H and O–H groups in total. The Morgan fingerprint density at radius 3 is 2.72 bits per heavy atom. The van der Waals surface area contributed by atoms with Crippen LogP contribution in [0.25, 0.3) is 0 Å². The van der Waals surface area contributed by atoms with E-state index in [1.54, 1.807) is 18.3 Å². The van der Waals surface area contributed by atoms with Gasteiger partial charge in [-0.1, -0.05) is 31.1 Å². The van der Waals surface area contributed by atoms with Crippen molar-refractivity contribution in [2.45, 2.75) is 44.9 Å². The Morgan fingerprint density at radius 2 is 1.93 bits per heavy atom. The summed E-state index contributed by atoms with van der Waals surface area (Å²) >= 11 is 0. The van der Waals surface area contributed by atoms with Crippen molar-refractivity contribution >= 4 is 0 Å². The Kier molecular flexibility index (Phi) is 11.0. The van der Waals surface area contributed by atoms with Crippen molar-refractivity contribution in [3.05, 3.63) is 47.8 Å². The third kappa shape index (κ3) is 8.66. The minimum Gasteiger partial charge on any atom is -0.506 e. The fourth-order valence-electron chi connectivity index (χ4n) is 3.56. The van der Waals surface area contributed by atoms with E-state index in [-0.39, 0.29) is 24.4 Å². The SMILES string of the molecule is OCC1=CC=CC(CO)(CNCCCCCCOCCCc2ncccc2O)C1. The summed E-state index contributed by atoms with van der Waals surface area (Å²) in [6.45, 7) is 3.27. The summed E-state index contributed by atoms with van der Waals surface area (Å²) in [5.41, 5.74) is 1.42. The van der Waals surface area contributed by atoms with Gasteiger partial charge in [-0.05, 0) is 56.4 Å². The molecule has 1 unspecified atom stereocenters. The number of nitrogens with zero attached hydrogens (tertiary/aromatic N) is 1. The lowest BCUT2D eigenvalue weighted by atomic mass is 9.79. The predicted octanol–water partition coefficient (Wildman–Crippen LogP) is 2.74. The van der Waals surface area contributed by atoms with Crippen LogP contribution >= 0.6 is 0 Å². The van der Waals surface area contributed by atoms with Crippen molar-refractivity contribution in [3.8, 4) is 5.75 Å². The number of aliphatic hydroxyl groups is 2. The maximum Gasteiger partial charge on any atom is 0.137 e. The summed E-state index contributed by atoms with van der Waals surface area (Å²) in [6.07, 6.45) is 14.4. The number of unbranched alkanes of at least 4 members (excludes halogenated alkanes) is 3.